The Bertz CT molecular complexity index is 97.7. The maximum atomic E-state index is 2.12. The largest absolute Gasteiger partial charge is 0.123 e. The summed E-state index contributed by atoms with van der Waals surface area (Å²) < 4.78 is 0. The van der Waals surface area contributed by atoms with Gasteiger partial charge in [0.2, 0.25) is 0 Å². The van der Waals surface area contributed by atoms with E-state index >= 15 is 0 Å². The molecule has 0 fully saturated rings. The summed E-state index contributed by atoms with van der Waals surface area (Å²) in [4.78, 5) is 0. The average molecular weight is 148 g/mol. The van der Waals surface area contributed by atoms with E-state index in [4.69, 9.17) is 0 Å². The topological polar surface area (TPSA) is 0 Å². The Kier molecular flexibility index (Phi) is 2.49. The highest BCUT2D eigenvalue weighted by Crippen LogP contribution is 2.14. The van der Waals surface area contributed by atoms with Crippen LogP contribution in [-0.2, 0) is 0 Å². The van der Waals surface area contributed by atoms with Crippen LogP contribution in [0.15, 0.2) is 22.9 Å². The Labute approximate surface area is 51.7 Å². The molecule has 0 saturated carbocycles. The second-order valence-electron chi connectivity index (χ2n) is 0.976. The zero-order valence-electron chi connectivity index (χ0n) is 3.63. The molecule has 0 saturated heterocycles. The van der Waals surface area contributed by atoms with Crippen molar-refractivity contribution in [1.82, 2.24) is 0 Å². The molecule has 0 aliphatic heterocycles. The summed E-state index contributed by atoms with van der Waals surface area (Å²) in [7, 11) is 3.73. The van der Waals surface area contributed by atoms with Crippen LogP contribution in [0.2, 0.25) is 0 Å². The van der Waals surface area contributed by atoms with Gasteiger partial charge in [-0.1, -0.05) is 12.1 Å². The molecule has 38 valence electrons. The van der Waals surface area contributed by atoms with Crippen molar-refractivity contribution >= 4 is 28.4 Å². The zero-order chi connectivity index (χ0) is 4.95. The van der Waals surface area contributed by atoms with E-state index in [0.29, 0.717) is 0 Å². The van der Waals surface area contributed by atoms with E-state index in [0.717, 1.165) is 6.55 Å². The van der Waals surface area contributed by atoms with Gasteiger partial charge >= 0.3 is 0 Å². The van der Waals surface area contributed by atoms with Crippen LogP contribution >= 0.6 is 28.4 Å². The van der Waals surface area contributed by atoms with Gasteiger partial charge in [0.1, 0.15) is 0 Å². The number of hydrogen-bond acceptors (Lipinski definition) is 2. The lowest BCUT2D eigenvalue weighted by atomic mass is 10.7. The standard InChI is InChI=1S/C4H5PS2/c1-2-4-7-5-6-3-1/h1-5H. The zero-order valence-corrected chi connectivity index (χ0v) is 6.26. The fourth-order valence-electron chi connectivity index (χ4n) is 0.253. The first-order chi connectivity index (χ1) is 3.50. The maximum absolute atomic E-state index is 2.12. The molecule has 0 radical (unpaired) electrons. The Morgan fingerprint density at radius 1 is 1.00 bits per heavy atom. The van der Waals surface area contributed by atoms with E-state index in [-0.39, 0.29) is 0 Å². The minimum atomic E-state index is 0.954. The lowest BCUT2D eigenvalue weighted by Crippen LogP contribution is -1.27. The predicted octanol–water partition coefficient (Wildman–Crippen LogP) is 2.97. The van der Waals surface area contributed by atoms with Crippen molar-refractivity contribution in [3.05, 3.63) is 22.9 Å². The SMILES string of the molecule is c1ccs[pH]sc1. The van der Waals surface area contributed by atoms with E-state index in [1.54, 1.807) is 0 Å². The Balaban J connectivity index is 3.06. The third-order valence-corrected chi connectivity index (χ3v) is 4.41. The lowest BCUT2D eigenvalue weighted by molar-refractivity contribution is 1.99. The van der Waals surface area contributed by atoms with Gasteiger partial charge in [0.25, 0.3) is 0 Å². The molecule has 7 heavy (non-hydrogen) atoms. The molecular weight excluding hydrogens is 143 g/mol. The van der Waals surface area contributed by atoms with Crippen molar-refractivity contribution in [2.45, 2.75) is 0 Å². The van der Waals surface area contributed by atoms with Crippen molar-refractivity contribution in [3.63, 3.8) is 0 Å². The van der Waals surface area contributed by atoms with Gasteiger partial charge in [-0.15, -0.1) is 21.9 Å². The molecule has 3 heteroatoms. The molecule has 0 spiro atoms. The molecular formula is C4H5PS2. The van der Waals surface area contributed by atoms with Crippen molar-refractivity contribution < 1.29 is 0 Å². The predicted molar refractivity (Wildman–Crippen MR) is 39.3 cm³/mol. The average Bonchev–Trinajstić information content (AvgIpc) is 1.90. The van der Waals surface area contributed by atoms with Gasteiger partial charge in [0.05, 0.1) is 0 Å². The molecule has 1 rings (SSSR count). The van der Waals surface area contributed by atoms with Gasteiger partial charge in [0.15, 0.2) is 0 Å². The summed E-state index contributed by atoms with van der Waals surface area (Å²) in [6.45, 7) is 0.954. The minimum Gasteiger partial charge on any atom is -0.123 e. The first-order valence-corrected chi connectivity index (χ1v) is 6.09. The number of hydrogen-bond donors (Lipinski definition) is 0. The third kappa shape index (κ3) is 2.12. The monoisotopic (exact) mass is 148 g/mol. The normalized spacial score (nSPS) is 8.00. The summed E-state index contributed by atoms with van der Waals surface area (Å²) in [5, 5.41) is 4.24. The quantitative estimate of drug-likeness (QED) is 0.530. The van der Waals surface area contributed by atoms with Crippen LogP contribution in [0.4, 0.5) is 0 Å². The minimum absolute atomic E-state index is 0.954. The van der Waals surface area contributed by atoms with Gasteiger partial charge in [-0.2, -0.15) is 0 Å². The molecule has 0 bridgehead atoms. The molecule has 1 heterocycles. The van der Waals surface area contributed by atoms with Crippen molar-refractivity contribution in [2.24, 2.45) is 0 Å². The second-order valence-corrected chi connectivity index (χ2v) is 5.57. The second kappa shape index (κ2) is 3.25. The molecule has 1 aromatic rings. The van der Waals surface area contributed by atoms with E-state index in [1.165, 1.54) is 0 Å². The fraction of sp³-hybridized carbons (Fsp3) is 0. The highest BCUT2D eigenvalue weighted by Gasteiger charge is 1.58. The van der Waals surface area contributed by atoms with Crippen molar-refractivity contribution in [2.75, 3.05) is 0 Å². The molecule has 0 aliphatic carbocycles. The number of rotatable bonds is 0. The van der Waals surface area contributed by atoms with E-state index in [2.05, 4.69) is 22.9 Å². The Morgan fingerprint density at radius 3 is 2.14 bits per heavy atom. The summed E-state index contributed by atoms with van der Waals surface area (Å²) in [6, 6.07) is 4.13. The first-order valence-electron chi connectivity index (χ1n) is 1.88. The summed E-state index contributed by atoms with van der Waals surface area (Å²) in [6.07, 6.45) is 0. The van der Waals surface area contributed by atoms with Gasteiger partial charge in [-0.25, -0.2) is 0 Å². The molecule has 0 nitrogen and oxygen atoms in total. The van der Waals surface area contributed by atoms with Crippen LogP contribution in [0, 0.1) is 0 Å². The van der Waals surface area contributed by atoms with Gasteiger partial charge < -0.3 is 0 Å². The van der Waals surface area contributed by atoms with Gasteiger partial charge in [-0.05, 0) is 17.3 Å². The van der Waals surface area contributed by atoms with Crippen LogP contribution in [0.25, 0.3) is 0 Å². The van der Waals surface area contributed by atoms with Gasteiger partial charge in [-0.3, -0.25) is 0 Å². The van der Waals surface area contributed by atoms with E-state index < -0.39 is 0 Å². The van der Waals surface area contributed by atoms with Crippen LogP contribution in [-0.4, -0.2) is 0 Å². The molecule has 1 aromatic heterocycles. The molecule has 0 amide bonds. The summed E-state index contributed by atoms with van der Waals surface area (Å²) in [5.41, 5.74) is 0. The highest BCUT2D eigenvalue weighted by atomic mass is 32.8. The van der Waals surface area contributed by atoms with E-state index in [9.17, 15) is 0 Å². The molecule has 0 atom stereocenters. The van der Waals surface area contributed by atoms with Crippen LogP contribution < -0.4 is 0 Å². The molecule has 0 unspecified atom stereocenters. The van der Waals surface area contributed by atoms with E-state index in [1.807, 2.05) is 21.9 Å². The highest BCUT2D eigenvalue weighted by molar-refractivity contribution is 8.04. The summed E-state index contributed by atoms with van der Waals surface area (Å²) >= 11 is 0. The molecule has 0 aromatic carbocycles. The Hall–Kier alpha value is 0.220. The summed E-state index contributed by atoms with van der Waals surface area (Å²) in [5.74, 6) is 0. The van der Waals surface area contributed by atoms with Gasteiger partial charge in [0, 0.05) is 0 Å². The van der Waals surface area contributed by atoms with Crippen LogP contribution in [0.3, 0.4) is 0 Å². The maximum Gasteiger partial charge on any atom is -0.00480 e. The molecule has 0 N–H and O–H groups in total. The lowest BCUT2D eigenvalue weighted by Gasteiger charge is -1.54. The smallest absolute Gasteiger partial charge is 0.00480 e. The van der Waals surface area contributed by atoms with Crippen LogP contribution in [0.5, 0.6) is 0 Å². The fourth-order valence-corrected chi connectivity index (χ4v) is 3.23. The van der Waals surface area contributed by atoms with Crippen molar-refractivity contribution in [1.29, 1.82) is 0 Å². The molecule has 0 aliphatic rings. The third-order valence-electron chi connectivity index (χ3n) is 0.501. The Morgan fingerprint density at radius 2 is 1.57 bits per heavy atom. The van der Waals surface area contributed by atoms with Crippen LogP contribution in [0.1, 0.15) is 0 Å². The van der Waals surface area contributed by atoms with Crippen molar-refractivity contribution in [3.8, 4) is 0 Å². The first kappa shape index (κ1) is 5.36.